The quantitative estimate of drug-likeness (QED) is 0.836. The summed E-state index contributed by atoms with van der Waals surface area (Å²) >= 11 is 12.0. The molecule has 6 nitrogen and oxygen atoms in total. The monoisotopic (exact) mass is 379 g/mol. The Morgan fingerprint density at radius 1 is 1.00 bits per heavy atom. The molecule has 0 aliphatic rings. The molecule has 0 saturated carbocycles. The number of nitrogens with zero attached hydrogens (tertiary/aromatic N) is 1. The molecule has 0 spiro atoms. The molecule has 0 unspecified atom stereocenters. The van der Waals surface area contributed by atoms with Crippen LogP contribution < -0.4 is 11.1 Å². The van der Waals surface area contributed by atoms with Crippen LogP contribution in [0, 0.1) is 0 Å². The zero-order chi connectivity index (χ0) is 18.6. The molecule has 0 saturated heterocycles. The largest absolute Gasteiger partial charge is 0.366 e. The lowest BCUT2D eigenvalue weighted by atomic mass is 10.1. The highest BCUT2D eigenvalue weighted by Gasteiger charge is 2.17. The molecule has 3 amide bonds. The Balaban J connectivity index is 2.03. The average molecular weight is 380 g/mol. The summed E-state index contributed by atoms with van der Waals surface area (Å²) < 4.78 is 0. The number of nitrogens with two attached hydrogens (primary N) is 1. The summed E-state index contributed by atoms with van der Waals surface area (Å²) in [5.41, 5.74) is 6.07. The lowest BCUT2D eigenvalue weighted by Gasteiger charge is -2.17. The number of amides is 3. The molecular weight excluding hydrogens is 365 g/mol. The number of hydrogen-bond acceptors (Lipinski definition) is 3. The van der Waals surface area contributed by atoms with Crippen LogP contribution in [0.25, 0.3) is 0 Å². The molecule has 2 aromatic rings. The number of hydrogen-bond donors (Lipinski definition) is 2. The topological polar surface area (TPSA) is 92.5 Å². The van der Waals surface area contributed by atoms with Crippen molar-refractivity contribution in [2.24, 2.45) is 5.73 Å². The molecule has 8 heteroatoms. The van der Waals surface area contributed by atoms with Crippen molar-refractivity contribution < 1.29 is 14.4 Å². The van der Waals surface area contributed by atoms with Crippen LogP contribution in [-0.2, 0) is 4.79 Å². The number of benzene rings is 2. The van der Waals surface area contributed by atoms with E-state index in [-0.39, 0.29) is 12.5 Å². The second-order valence-electron chi connectivity index (χ2n) is 5.25. The van der Waals surface area contributed by atoms with Crippen LogP contribution in [0.4, 0.5) is 5.69 Å². The highest BCUT2D eigenvalue weighted by atomic mass is 35.5. The summed E-state index contributed by atoms with van der Waals surface area (Å²) in [5.74, 6) is -1.40. The van der Waals surface area contributed by atoms with Gasteiger partial charge in [0.1, 0.15) is 0 Å². The highest BCUT2D eigenvalue weighted by molar-refractivity contribution is 6.39. The summed E-state index contributed by atoms with van der Waals surface area (Å²) in [4.78, 5) is 36.7. The molecular formula is C17H15Cl2N3O3. The maximum absolute atomic E-state index is 12.3. The number of nitrogens with one attached hydrogen (secondary N) is 1. The Morgan fingerprint density at radius 2 is 1.52 bits per heavy atom. The van der Waals surface area contributed by atoms with Crippen molar-refractivity contribution in [3.63, 3.8) is 0 Å². The van der Waals surface area contributed by atoms with Gasteiger partial charge in [0.25, 0.3) is 5.91 Å². The molecule has 0 heterocycles. The molecule has 0 aliphatic heterocycles. The van der Waals surface area contributed by atoms with E-state index in [1.54, 1.807) is 18.2 Å². The van der Waals surface area contributed by atoms with Crippen molar-refractivity contribution in [3.8, 4) is 0 Å². The lowest BCUT2D eigenvalue weighted by Crippen LogP contribution is -2.35. The summed E-state index contributed by atoms with van der Waals surface area (Å²) in [7, 11) is 1.48. The third kappa shape index (κ3) is 4.71. The van der Waals surface area contributed by atoms with Crippen LogP contribution in [0.3, 0.4) is 0 Å². The number of rotatable bonds is 5. The smallest absolute Gasteiger partial charge is 0.254 e. The number of likely N-dealkylation sites (N-methyl/N-ethyl adjacent to an activating group) is 1. The molecule has 0 aliphatic carbocycles. The summed E-state index contributed by atoms with van der Waals surface area (Å²) in [6, 6.07) is 10.7. The van der Waals surface area contributed by atoms with Gasteiger partial charge >= 0.3 is 0 Å². The van der Waals surface area contributed by atoms with Crippen molar-refractivity contribution >= 4 is 46.6 Å². The normalized spacial score (nSPS) is 10.2. The van der Waals surface area contributed by atoms with Gasteiger partial charge < -0.3 is 16.0 Å². The molecule has 2 aromatic carbocycles. The number of anilines is 1. The first-order valence-corrected chi connectivity index (χ1v) is 7.94. The number of primary amides is 1. The summed E-state index contributed by atoms with van der Waals surface area (Å²) in [5, 5.41) is 3.19. The second-order valence-corrected chi connectivity index (χ2v) is 6.06. The maximum Gasteiger partial charge on any atom is 0.254 e. The third-order valence-electron chi connectivity index (χ3n) is 3.37. The first kappa shape index (κ1) is 18.8. The molecule has 25 heavy (non-hydrogen) atoms. The van der Waals surface area contributed by atoms with Gasteiger partial charge in [0, 0.05) is 18.2 Å². The zero-order valence-electron chi connectivity index (χ0n) is 13.3. The van der Waals surface area contributed by atoms with E-state index in [9.17, 15) is 14.4 Å². The number of carbonyl (C=O) groups is 3. The third-order valence-corrected chi connectivity index (χ3v) is 4.00. The average Bonchev–Trinajstić information content (AvgIpc) is 2.57. The van der Waals surface area contributed by atoms with Crippen molar-refractivity contribution in [2.75, 3.05) is 18.9 Å². The van der Waals surface area contributed by atoms with Gasteiger partial charge in [-0.3, -0.25) is 14.4 Å². The molecule has 2 rings (SSSR count). The zero-order valence-corrected chi connectivity index (χ0v) is 14.8. The van der Waals surface area contributed by atoms with Gasteiger partial charge in [-0.25, -0.2) is 0 Å². The Kier molecular flexibility index (Phi) is 6.01. The van der Waals surface area contributed by atoms with Gasteiger partial charge in [-0.05, 0) is 36.4 Å². The molecule has 130 valence electrons. The minimum Gasteiger partial charge on any atom is -0.366 e. The van der Waals surface area contributed by atoms with E-state index in [1.807, 2.05) is 0 Å². The molecule has 0 fully saturated rings. The van der Waals surface area contributed by atoms with Crippen molar-refractivity contribution in [1.29, 1.82) is 0 Å². The number of carbonyl (C=O) groups excluding carboxylic acids is 3. The van der Waals surface area contributed by atoms with Gasteiger partial charge in [-0.1, -0.05) is 29.3 Å². The minimum absolute atomic E-state index is 0.196. The van der Waals surface area contributed by atoms with E-state index < -0.39 is 11.8 Å². The van der Waals surface area contributed by atoms with Gasteiger partial charge in [0.2, 0.25) is 11.8 Å². The molecule has 0 aromatic heterocycles. The van der Waals surface area contributed by atoms with Crippen LogP contribution in [-0.4, -0.2) is 36.2 Å². The Hall–Kier alpha value is -2.57. The maximum atomic E-state index is 12.3. The fourth-order valence-corrected chi connectivity index (χ4v) is 2.57. The molecule has 3 N–H and O–H groups in total. The first-order valence-electron chi connectivity index (χ1n) is 7.18. The van der Waals surface area contributed by atoms with Crippen molar-refractivity contribution in [2.45, 2.75) is 0 Å². The van der Waals surface area contributed by atoms with E-state index in [0.29, 0.717) is 26.9 Å². The van der Waals surface area contributed by atoms with E-state index in [4.69, 9.17) is 28.9 Å². The molecule has 0 atom stereocenters. The van der Waals surface area contributed by atoms with E-state index in [0.717, 1.165) is 0 Å². The van der Waals surface area contributed by atoms with E-state index in [2.05, 4.69) is 5.32 Å². The van der Waals surface area contributed by atoms with E-state index >= 15 is 0 Å². The predicted octanol–water partition coefficient (Wildman–Crippen LogP) is 2.80. The first-order chi connectivity index (χ1) is 11.8. The van der Waals surface area contributed by atoms with Gasteiger partial charge in [0.05, 0.1) is 22.3 Å². The van der Waals surface area contributed by atoms with E-state index in [1.165, 1.54) is 36.2 Å². The van der Waals surface area contributed by atoms with Gasteiger partial charge in [0.15, 0.2) is 0 Å². The van der Waals surface area contributed by atoms with Crippen LogP contribution >= 0.6 is 23.2 Å². The molecule has 0 radical (unpaired) electrons. The van der Waals surface area contributed by atoms with Crippen LogP contribution in [0.15, 0.2) is 42.5 Å². The Labute approximate surface area is 154 Å². The number of para-hydroxylation sites is 1. The van der Waals surface area contributed by atoms with Crippen LogP contribution in [0.2, 0.25) is 10.0 Å². The summed E-state index contributed by atoms with van der Waals surface area (Å²) in [6.45, 7) is -0.196. The van der Waals surface area contributed by atoms with Crippen molar-refractivity contribution in [3.05, 3.63) is 63.6 Å². The minimum atomic E-state index is -0.580. The lowest BCUT2D eigenvalue weighted by molar-refractivity contribution is -0.116. The Bertz CT molecular complexity index is 802. The van der Waals surface area contributed by atoms with Crippen molar-refractivity contribution in [1.82, 2.24) is 4.90 Å². The predicted molar refractivity (Wildman–Crippen MR) is 97.0 cm³/mol. The fourth-order valence-electron chi connectivity index (χ4n) is 2.08. The highest BCUT2D eigenvalue weighted by Crippen LogP contribution is 2.29. The Morgan fingerprint density at radius 3 is 2.04 bits per heavy atom. The second kappa shape index (κ2) is 8.00. The fraction of sp³-hybridized carbons (Fsp3) is 0.118. The number of halogens is 2. The molecule has 0 bridgehead atoms. The SMILES string of the molecule is CN(CC(=O)Nc1c(Cl)cccc1Cl)C(=O)c1ccc(C(N)=O)cc1. The van der Waals surface area contributed by atoms with Crippen LogP contribution in [0.5, 0.6) is 0 Å². The van der Waals surface area contributed by atoms with Crippen LogP contribution in [0.1, 0.15) is 20.7 Å². The summed E-state index contributed by atoms with van der Waals surface area (Å²) in [6.07, 6.45) is 0. The van der Waals surface area contributed by atoms with Gasteiger partial charge in [-0.2, -0.15) is 0 Å². The van der Waals surface area contributed by atoms with Gasteiger partial charge in [-0.15, -0.1) is 0 Å². The standard InChI is InChI=1S/C17H15Cl2N3O3/c1-22(17(25)11-7-5-10(6-8-11)16(20)24)9-14(23)21-15-12(18)3-2-4-13(15)19/h2-8H,9H2,1H3,(H2,20,24)(H,21,23).